The smallest absolute Gasteiger partial charge is 3.00 e. The van der Waals surface area contributed by atoms with Crippen LogP contribution in [-0.4, -0.2) is 47.1 Å². The van der Waals surface area contributed by atoms with Gasteiger partial charge in [0.15, 0.2) is 0 Å². The summed E-state index contributed by atoms with van der Waals surface area (Å²) in [6.07, 6.45) is 0. The van der Waals surface area contributed by atoms with Gasteiger partial charge in [-0.05, 0) is 0 Å². The van der Waals surface area contributed by atoms with E-state index in [1.807, 2.05) is 0 Å². The topological polar surface area (TPSA) is 120 Å². The van der Waals surface area contributed by atoms with Gasteiger partial charge in [0.2, 0.25) is 0 Å². The van der Waals surface area contributed by atoms with Gasteiger partial charge in [-0.25, -0.2) is 0 Å². The molecule has 0 heterocycles. The van der Waals surface area contributed by atoms with Crippen LogP contribution in [0.4, 0.5) is 0 Å². The molecule has 56 valence electrons. The molecule has 0 unspecified atom stereocenters. The molecule has 10 heavy (non-hydrogen) atoms. The van der Waals surface area contributed by atoms with Gasteiger partial charge in [-0.2, -0.15) is 0 Å². The Balaban J connectivity index is -0.0000000257. The van der Waals surface area contributed by atoms with E-state index in [1.165, 1.54) is 0 Å². The minimum absolute atomic E-state index is 0. The van der Waals surface area contributed by atoms with Crippen LogP contribution < -0.4 is 12.4 Å². The normalized spacial score (nSPS) is 3.60. The van der Waals surface area contributed by atoms with Gasteiger partial charge < -0.3 is 0 Å². The molecule has 0 saturated carbocycles. The van der Waals surface area contributed by atoms with Crippen molar-refractivity contribution in [3.05, 3.63) is 0 Å². The van der Waals surface area contributed by atoms with Crippen molar-refractivity contribution >= 4 is 57.0 Å². The molecule has 0 aliphatic heterocycles. The fourth-order valence-corrected chi connectivity index (χ4v) is 0. The maximum absolute atomic E-state index is 8.53. The van der Waals surface area contributed by atoms with Crippen molar-refractivity contribution in [2.24, 2.45) is 0 Å². The van der Waals surface area contributed by atoms with E-state index in [2.05, 4.69) is 0 Å². The molecule has 0 saturated heterocycles. The van der Waals surface area contributed by atoms with Gasteiger partial charge in [0.05, 0.1) is 0 Å². The van der Waals surface area contributed by atoms with Crippen molar-refractivity contribution in [1.29, 1.82) is 0 Å². The van der Waals surface area contributed by atoms with Crippen molar-refractivity contribution in [2.75, 3.05) is 0 Å². The Morgan fingerprint density at radius 2 is 0.700 bits per heavy atom. The second kappa shape index (κ2) is 52.0. The molecule has 0 aliphatic carbocycles. The Morgan fingerprint density at radius 3 is 0.700 bits per heavy atom. The van der Waals surface area contributed by atoms with E-state index in [4.69, 9.17) is 23.7 Å². The first-order chi connectivity index (χ1) is 4.24. The summed E-state index contributed by atoms with van der Waals surface area (Å²) >= 11 is -6.56. The van der Waals surface area contributed by atoms with Crippen LogP contribution in [0.1, 0.15) is 0 Å². The average Bonchev–Trinajstić information content (AvgIpc) is 1.70. The van der Waals surface area contributed by atoms with Crippen molar-refractivity contribution in [2.45, 2.75) is 0 Å². The molecule has 0 bridgehead atoms. The standard InChI is InChI=1S/3GeHO2.P/c3*2-1-3;/h3*1H;/q3*-1;+3. The molecule has 0 rings (SSSR count). The summed E-state index contributed by atoms with van der Waals surface area (Å²) < 4.78 is 51.2. The minimum Gasteiger partial charge on any atom is 3.00 e. The van der Waals surface area contributed by atoms with Gasteiger partial charge in [-0.3, -0.25) is 0 Å². The molecular formula is H3Ge3O6P. The van der Waals surface area contributed by atoms with Gasteiger partial charge in [-0.1, -0.05) is 0 Å². The van der Waals surface area contributed by atoms with E-state index in [-0.39, 0.29) is 9.90 Å². The Morgan fingerprint density at radius 1 is 0.700 bits per heavy atom. The number of hydrogen-bond donors (Lipinski definition) is 0. The Bertz CT molecular complexity index is 49.7. The van der Waals surface area contributed by atoms with Crippen LogP contribution in [0.25, 0.3) is 0 Å². The minimum atomic E-state index is -2.19. The van der Waals surface area contributed by atoms with Crippen molar-refractivity contribution in [1.82, 2.24) is 0 Å². The van der Waals surface area contributed by atoms with Gasteiger partial charge >= 0.3 is 80.7 Å². The molecule has 2 radical (unpaired) electrons. The molecule has 10 heteroatoms. The van der Waals surface area contributed by atoms with Crippen LogP contribution in [0.15, 0.2) is 0 Å². The predicted molar refractivity (Wildman–Crippen MR) is 30.4 cm³/mol. The van der Waals surface area contributed by atoms with Crippen molar-refractivity contribution < 1.29 is 23.7 Å². The summed E-state index contributed by atoms with van der Waals surface area (Å²) in [4.78, 5) is 0. The Labute approximate surface area is 80.5 Å². The fourth-order valence-electron chi connectivity index (χ4n) is 0. The molecule has 0 atom stereocenters. The Hall–Kier alpha value is 0.859. The molecule has 0 spiro atoms. The number of rotatable bonds is 0. The van der Waals surface area contributed by atoms with E-state index in [1.54, 1.807) is 0 Å². The van der Waals surface area contributed by atoms with Crippen LogP contribution in [0.5, 0.6) is 0 Å². The first kappa shape index (κ1) is 22.4. The zero-order valence-corrected chi connectivity index (χ0v) is 12.8. The first-order valence-electron chi connectivity index (χ1n) is 1.41. The second-order valence-corrected chi connectivity index (χ2v) is 1.50. The predicted octanol–water partition coefficient (Wildman–Crippen LogP) is -5.01. The largest absolute Gasteiger partial charge is 3.00 e. The third-order valence-electron chi connectivity index (χ3n) is 0. The maximum atomic E-state index is 8.53. The van der Waals surface area contributed by atoms with E-state index in [0.717, 1.165) is 0 Å². The fraction of sp³-hybridized carbons (Fsp3) is 0. The zero-order chi connectivity index (χ0) is 8.12. The van der Waals surface area contributed by atoms with Crippen LogP contribution in [0.2, 0.25) is 0 Å². The summed E-state index contributed by atoms with van der Waals surface area (Å²) in [6, 6.07) is 0. The van der Waals surface area contributed by atoms with Crippen LogP contribution in [-0.2, 0) is 11.3 Å². The third kappa shape index (κ3) is 742. The van der Waals surface area contributed by atoms with Gasteiger partial charge in [0, 0.05) is 0 Å². The van der Waals surface area contributed by atoms with Crippen LogP contribution in [0.3, 0.4) is 0 Å². The molecule has 6 nitrogen and oxygen atoms in total. The molecule has 0 N–H and O–H groups in total. The van der Waals surface area contributed by atoms with E-state index < -0.39 is 47.1 Å². The molecule has 0 aromatic heterocycles. The summed E-state index contributed by atoms with van der Waals surface area (Å²) in [5, 5.41) is 0. The second-order valence-electron chi connectivity index (χ2n) is 0.289. The SMILES string of the molecule is [O]=[GeH][O-].[O]=[GeH][O-].[O]=[GeH][O-].[P+3]. The van der Waals surface area contributed by atoms with E-state index in [0.29, 0.717) is 0 Å². The molecule has 0 aromatic rings. The van der Waals surface area contributed by atoms with Gasteiger partial charge in [-0.15, -0.1) is 0 Å². The van der Waals surface area contributed by atoms with E-state index >= 15 is 0 Å². The molecular weight excluding hydrogens is 345 g/mol. The third-order valence-corrected chi connectivity index (χ3v) is 0. The van der Waals surface area contributed by atoms with Gasteiger partial charge in [0.1, 0.15) is 0 Å². The number of hydrogen-bond acceptors (Lipinski definition) is 6. The van der Waals surface area contributed by atoms with Crippen LogP contribution >= 0.6 is 9.90 Å². The average molecular weight is 348 g/mol. The Kier molecular flexibility index (Phi) is 117. The summed E-state index contributed by atoms with van der Waals surface area (Å²) in [7, 11) is 0. The molecule has 0 amide bonds. The first-order valence-corrected chi connectivity index (χ1v) is 7.35. The zero-order valence-electron chi connectivity index (χ0n) is 4.63. The molecule has 0 fully saturated rings. The monoisotopic (exact) mass is 352 g/mol. The van der Waals surface area contributed by atoms with Crippen LogP contribution in [0, 0.1) is 0 Å². The molecule has 0 aromatic carbocycles. The van der Waals surface area contributed by atoms with Crippen molar-refractivity contribution in [3.63, 3.8) is 0 Å². The maximum Gasteiger partial charge on any atom is 3.00 e. The van der Waals surface area contributed by atoms with E-state index in [9.17, 15) is 0 Å². The summed E-state index contributed by atoms with van der Waals surface area (Å²) in [6.45, 7) is 0. The quantitative estimate of drug-likeness (QED) is 0.319. The van der Waals surface area contributed by atoms with Gasteiger partial charge in [0.25, 0.3) is 0 Å². The summed E-state index contributed by atoms with van der Waals surface area (Å²) in [5.41, 5.74) is 0. The molecule has 0 aliphatic rings. The van der Waals surface area contributed by atoms with Crippen molar-refractivity contribution in [3.8, 4) is 0 Å². The summed E-state index contributed by atoms with van der Waals surface area (Å²) in [5.74, 6) is 0.